The van der Waals surface area contributed by atoms with Crippen molar-refractivity contribution in [3.63, 3.8) is 0 Å². The fourth-order valence-corrected chi connectivity index (χ4v) is 3.68. The highest BCUT2D eigenvalue weighted by molar-refractivity contribution is 5.92. The lowest BCUT2D eigenvalue weighted by Gasteiger charge is -2.32. The molecule has 1 N–H and O–H groups in total. The summed E-state index contributed by atoms with van der Waals surface area (Å²) < 4.78 is 3.16. The highest BCUT2D eigenvalue weighted by Gasteiger charge is 2.28. The van der Waals surface area contributed by atoms with E-state index in [1.54, 1.807) is 23.6 Å². The number of nitrogens with zero attached hydrogens (tertiary/aromatic N) is 6. The highest BCUT2D eigenvalue weighted by atomic mass is 16.2. The van der Waals surface area contributed by atoms with Gasteiger partial charge in [-0.05, 0) is 25.0 Å². The van der Waals surface area contributed by atoms with E-state index in [-0.39, 0.29) is 35.8 Å². The summed E-state index contributed by atoms with van der Waals surface area (Å²) in [6.45, 7) is 1.09. The first-order valence-corrected chi connectivity index (χ1v) is 9.53. The normalized spacial score (nSPS) is 15.0. The molecule has 10 heteroatoms. The molecule has 1 aliphatic heterocycles. The third-order valence-corrected chi connectivity index (χ3v) is 5.29. The lowest BCUT2D eigenvalue weighted by Crippen LogP contribution is -2.40. The number of aromatic nitrogens is 5. The molecule has 2 aromatic heterocycles. The van der Waals surface area contributed by atoms with Gasteiger partial charge < -0.3 is 14.8 Å². The first-order valence-electron chi connectivity index (χ1n) is 9.53. The summed E-state index contributed by atoms with van der Waals surface area (Å²) in [4.78, 5) is 43.0. The number of fused-ring (bicyclic) bond motifs is 1. The van der Waals surface area contributed by atoms with E-state index in [1.165, 1.54) is 15.8 Å². The Morgan fingerprint density at radius 1 is 1.21 bits per heavy atom. The second-order valence-electron chi connectivity index (χ2n) is 7.43. The van der Waals surface area contributed by atoms with E-state index >= 15 is 0 Å². The first kappa shape index (κ1) is 18.9. The summed E-state index contributed by atoms with van der Waals surface area (Å²) in [5.74, 6) is -0.336. The Kier molecular flexibility index (Phi) is 4.91. The smallest absolute Gasteiger partial charge is 0.326 e. The van der Waals surface area contributed by atoms with Gasteiger partial charge in [0.15, 0.2) is 5.69 Å². The highest BCUT2D eigenvalue weighted by Crippen LogP contribution is 2.25. The van der Waals surface area contributed by atoms with Crippen molar-refractivity contribution in [1.82, 2.24) is 34.3 Å². The molecule has 152 valence electrons. The zero-order valence-electron chi connectivity index (χ0n) is 16.4. The number of nitrogens with one attached hydrogen (secondary N) is 1. The number of carbonyl (C=O) groups is 2. The summed E-state index contributed by atoms with van der Waals surface area (Å²) in [6, 6.07) is 7.66. The van der Waals surface area contributed by atoms with Crippen LogP contribution in [-0.4, -0.2) is 73.3 Å². The van der Waals surface area contributed by atoms with Crippen molar-refractivity contribution in [3.05, 3.63) is 46.6 Å². The average Bonchev–Trinajstić information content (AvgIpc) is 3.31. The monoisotopic (exact) mass is 397 g/mol. The van der Waals surface area contributed by atoms with Crippen LogP contribution in [0.3, 0.4) is 0 Å². The molecule has 0 unspecified atom stereocenters. The molecule has 0 atom stereocenters. The van der Waals surface area contributed by atoms with E-state index in [9.17, 15) is 14.4 Å². The number of benzene rings is 1. The van der Waals surface area contributed by atoms with Gasteiger partial charge in [0.05, 0.1) is 17.2 Å². The quantitative estimate of drug-likeness (QED) is 0.689. The lowest BCUT2D eigenvalue weighted by atomic mass is 10.0. The number of H-pyrrole nitrogens is 1. The molecule has 0 bridgehead atoms. The molecule has 1 aromatic carbocycles. The maximum Gasteiger partial charge on any atom is 0.326 e. The number of carbonyl (C=O) groups excluding carboxylic acids is 2. The summed E-state index contributed by atoms with van der Waals surface area (Å²) in [5.41, 5.74) is 1.81. The average molecular weight is 397 g/mol. The number of piperidine rings is 1. The lowest BCUT2D eigenvalue weighted by molar-refractivity contribution is -0.129. The van der Waals surface area contributed by atoms with Gasteiger partial charge in [0.25, 0.3) is 5.91 Å². The fraction of sp³-hybridized carbons (Fsp3) is 0.421. The van der Waals surface area contributed by atoms with Gasteiger partial charge >= 0.3 is 5.69 Å². The number of likely N-dealkylation sites (N-methyl/N-ethyl adjacent to an activating group) is 1. The van der Waals surface area contributed by atoms with Crippen molar-refractivity contribution in [2.75, 3.05) is 27.2 Å². The molecule has 1 saturated heterocycles. The van der Waals surface area contributed by atoms with Crippen LogP contribution in [0.15, 0.2) is 35.3 Å². The van der Waals surface area contributed by atoms with Gasteiger partial charge in [-0.15, -0.1) is 5.10 Å². The minimum Gasteiger partial charge on any atom is -0.347 e. The van der Waals surface area contributed by atoms with Crippen LogP contribution in [-0.2, 0) is 11.3 Å². The van der Waals surface area contributed by atoms with Crippen LogP contribution in [0, 0.1) is 0 Å². The molecule has 3 aromatic rings. The molecule has 1 fully saturated rings. The molecular weight excluding hydrogens is 374 g/mol. The summed E-state index contributed by atoms with van der Waals surface area (Å²) >= 11 is 0. The van der Waals surface area contributed by atoms with E-state index in [0.29, 0.717) is 25.9 Å². The Hall–Kier alpha value is -3.43. The van der Waals surface area contributed by atoms with Gasteiger partial charge in [0.2, 0.25) is 5.91 Å². The van der Waals surface area contributed by atoms with Crippen molar-refractivity contribution in [2.24, 2.45) is 0 Å². The summed E-state index contributed by atoms with van der Waals surface area (Å²) in [6.07, 6.45) is 2.86. The first-order chi connectivity index (χ1) is 13.9. The number of amides is 2. The largest absolute Gasteiger partial charge is 0.347 e. The molecule has 29 heavy (non-hydrogen) atoms. The minimum atomic E-state index is -0.210. The van der Waals surface area contributed by atoms with Crippen LogP contribution in [0.2, 0.25) is 0 Å². The van der Waals surface area contributed by atoms with Gasteiger partial charge in [-0.2, -0.15) is 0 Å². The van der Waals surface area contributed by atoms with Crippen molar-refractivity contribution in [1.29, 1.82) is 0 Å². The number of imidazole rings is 1. The summed E-state index contributed by atoms with van der Waals surface area (Å²) in [7, 11) is 3.32. The van der Waals surface area contributed by atoms with Crippen LogP contribution in [0.5, 0.6) is 0 Å². The molecule has 0 aliphatic carbocycles. The van der Waals surface area contributed by atoms with Crippen LogP contribution in [0.1, 0.15) is 29.4 Å². The van der Waals surface area contributed by atoms with Crippen molar-refractivity contribution in [3.8, 4) is 0 Å². The summed E-state index contributed by atoms with van der Waals surface area (Å²) in [5, 5.41) is 7.80. The molecular formula is C19H23N7O3. The molecule has 4 rings (SSSR count). The van der Waals surface area contributed by atoms with E-state index in [1.807, 2.05) is 24.3 Å². The van der Waals surface area contributed by atoms with Crippen molar-refractivity contribution in [2.45, 2.75) is 25.4 Å². The number of rotatable bonds is 4. The minimum absolute atomic E-state index is 0.0381. The maximum absolute atomic E-state index is 12.7. The van der Waals surface area contributed by atoms with Crippen LogP contribution in [0.25, 0.3) is 11.0 Å². The predicted molar refractivity (Wildman–Crippen MR) is 105 cm³/mol. The van der Waals surface area contributed by atoms with E-state index in [0.717, 1.165) is 11.0 Å². The number of hydrogen-bond donors (Lipinski definition) is 1. The molecule has 0 spiro atoms. The Morgan fingerprint density at radius 2 is 1.93 bits per heavy atom. The third-order valence-electron chi connectivity index (χ3n) is 5.29. The van der Waals surface area contributed by atoms with Crippen LogP contribution >= 0.6 is 0 Å². The van der Waals surface area contributed by atoms with E-state index in [2.05, 4.69) is 15.3 Å². The molecule has 3 heterocycles. The second-order valence-corrected chi connectivity index (χ2v) is 7.43. The standard InChI is InChI=1S/C19H23N7O3/c1-23(2)17(27)12-25-11-15(21-22-25)18(28)24-9-7-13(8-10-24)26-16-6-4-3-5-14(16)20-19(26)29/h3-6,11,13H,7-10,12H2,1-2H3,(H,20,29). The topological polar surface area (TPSA) is 109 Å². The van der Waals surface area contributed by atoms with Gasteiger partial charge in [-0.1, -0.05) is 17.3 Å². The predicted octanol–water partition coefficient (Wildman–Crippen LogP) is 0.487. The van der Waals surface area contributed by atoms with Gasteiger partial charge in [0.1, 0.15) is 6.54 Å². The SMILES string of the molecule is CN(C)C(=O)Cn1cc(C(=O)N2CCC(n3c(=O)[nH]c4ccccc43)CC2)nn1. The molecule has 10 nitrogen and oxygen atoms in total. The number of likely N-dealkylation sites (tertiary alicyclic amines) is 1. The van der Waals surface area contributed by atoms with Crippen LogP contribution < -0.4 is 5.69 Å². The second kappa shape index (κ2) is 7.53. The van der Waals surface area contributed by atoms with E-state index in [4.69, 9.17) is 0 Å². The van der Waals surface area contributed by atoms with Crippen molar-refractivity contribution >= 4 is 22.8 Å². The third kappa shape index (κ3) is 3.65. The number of aromatic amines is 1. The number of para-hydroxylation sites is 2. The molecule has 2 amide bonds. The van der Waals surface area contributed by atoms with Gasteiger partial charge in [-0.3, -0.25) is 14.2 Å². The van der Waals surface area contributed by atoms with E-state index < -0.39 is 0 Å². The molecule has 0 saturated carbocycles. The zero-order chi connectivity index (χ0) is 20.5. The van der Waals surface area contributed by atoms with Gasteiger partial charge in [-0.25, -0.2) is 9.48 Å². The Bertz CT molecular complexity index is 1100. The van der Waals surface area contributed by atoms with Gasteiger partial charge in [0, 0.05) is 33.2 Å². The maximum atomic E-state index is 12.7. The fourth-order valence-electron chi connectivity index (χ4n) is 3.68. The Balaban J connectivity index is 1.42. The number of hydrogen-bond acceptors (Lipinski definition) is 5. The molecule has 1 aliphatic rings. The Morgan fingerprint density at radius 3 is 2.66 bits per heavy atom. The van der Waals surface area contributed by atoms with Crippen molar-refractivity contribution < 1.29 is 9.59 Å². The van der Waals surface area contributed by atoms with Crippen LogP contribution in [0.4, 0.5) is 0 Å². The zero-order valence-corrected chi connectivity index (χ0v) is 16.4. The molecule has 0 radical (unpaired) electrons. The Labute approximate surface area is 166 Å².